The van der Waals surface area contributed by atoms with E-state index in [9.17, 15) is 14.7 Å². The second-order valence-electron chi connectivity index (χ2n) is 7.90. The van der Waals surface area contributed by atoms with Gasteiger partial charge in [-0.3, -0.25) is 14.2 Å². The summed E-state index contributed by atoms with van der Waals surface area (Å²) in [5.41, 5.74) is 2.49. The molecule has 1 N–H and O–H groups in total. The van der Waals surface area contributed by atoms with Gasteiger partial charge in [-0.2, -0.15) is 0 Å². The Morgan fingerprint density at radius 3 is 3.07 bits per heavy atom. The number of hydrogen-bond acceptors (Lipinski definition) is 4. The van der Waals surface area contributed by atoms with Crippen molar-refractivity contribution in [1.29, 1.82) is 0 Å². The van der Waals surface area contributed by atoms with Crippen LogP contribution in [0, 0.1) is 5.41 Å². The fourth-order valence-electron chi connectivity index (χ4n) is 4.56. The van der Waals surface area contributed by atoms with Gasteiger partial charge in [-0.15, -0.1) is 0 Å². The maximum absolute atomic E-state index is 13.2. The van der Waals surface area contributed by atoms with Gasteiger partial charge < -0.3 is 9.84 Å². The Morgan fingerprint density at radius 1 is 1.41 bits per heavy atom. The topological polar surface area (TPSA) is 81.4 Å². The SMILES string of the molecule is CCOc1cccc(C=C2CCCc3c2nc2n(c3=O)C3CC3(C(=O)O)C=C2)c1. The molecule has 2 heterocycles. The summed E-state index contributed by atoms with van der Waals surface area (Å²) in [4.78, 5) is 29.7. The Bertz CT molecular complexity index is 1140. The van der Waals surface area contributed by atoms with Crippen molar-refractivity contribution in [2.24, 2.45) is 5.41 Å². The zero-order valence-corrected chi connectivity index (χ0v) is 16.2. The van der Waals surface area contributed by atoms with E-state index in [1.165, 1.54) is 0 Å². The molecule has 6 nitrogen and oxygen atoms in total. The number of allylic oxidation sites excluding steroid dienone is 1. The molecule has 1 aliphatic heterocycles. The number of aliphatic carboxylic acids is 1. The third-order valence-corrected chi connectivity index (χ3v) is 6.13. The number of nitrogens with zero attached hydrogens (tertiary/aromatic N) is 2. The third-order valence-electron chi connectivity index (χ3n) is 6.13. The number of aromatic nitrogens is 2. The first-order valence-corrected chi connectivity index (χ1v) is 10.1. The van der Waals surface area contributed by atoms with Gasteiger partial charge in [0, 0.05) is 5.56 Å². The summed E-state index contributed by atoms with van der Waals surface area (Å²) in [6, 6.07) is 7.57. The highest BCUT2D eigenvalue weighted by Gasteiger charge is 2.62. The maximum atomic E-state index is 13.2. The number of benzene rings is 1. The standard InChI is InChI=1S/C23H22N2O4/c1-2-29-16-7-3-5-14(12-16)11-15-6-4-8-17-20(15)24-19-9-10-23(22(27)28)13-18(23)25(19)21(17)26/h3,5,7,9-12,18H,2,4,6,8,13H2,1H3,(H,27,28). The van der Waals surface area contributed by atoms with Gasteiger partial charge in [0.05, 0.1) is 18.3 Å². The average molecular weight is 390 g/mol. The fraction of sp³-hybridized carbons (Fsp3) is 0.348. The lowest BCUT2D eigenvalue weighted by Crippen LogP contribution is -2.33. The van der Waals surface area contributed by atoms with Crippen LogP contribution in [-0.4, -0.2) is 27.2 Å². The largest absolute Gasteiger partial charge is 0.494 e. The molecule has 29 heavy (non-hydrogen) atoms. The summed E-state index contributed by atoms with van der Waals surface area (Å²) >= 11 is 0. The predicted octanol–water partition coefficient (Wildman–Crippen LogP) is 3.56. The second kappa shape index (κ2) is 6.44. The van der Waals surface area contributed by atoms with Gasteiger partial charge in [-0.25, -0.2) is 4.98 Å². The van der Waals surface area contributed by atoms with Crippen LogP contribution in [0.4, 0.5) is 0 Å². The van der Waals surface area contributed by atoms with Gasteiger partial charge in [0.1, 0.15) is 17.0 Å². The highest BCUT2D eigenvalue weighted by molar-refractivity contribution is 5.85. The van der Waals surface area contributed by atoms with Gasteiger partial charge in [0.25, 0.3) is 5.56 Å². The summed E-state index contributed by atoms with van der Waals surface area (Å²) in [5, 5.41) is 9.55. The molecule has 1 fully saturated rings. The Kier molecular flexibility index (Phi) is 3.98. The molecular formula is C23H22N2O4. The van der Waals surface area contributed by atoms with Crippen molar-refractivity contribution in [1.82, 2.24) is 9.55 Å². The van der Waals surface area contributed by atoms with Crippen LogP contribution in [0.2, 0.25) is 0 Å². The number of carboxylic acids is 1. The Hall–Kier alpha value is -3.15. The van der Waals surface area contributed by atoms with Gasteiger partial charge >= 0.3 is 5.97 Å². The summed E-state index contributed by atoms with van der Waals surface area (Å²) in [6.45, 7) is 2.56. The minimum atomic E-state index is -0.931. The molecule has 2 aromatic rings. The lowest BCUT2D eigenvalue weighted by molar-refractivity contribution is -0.141. The lowest BCUT2D eigenvalue weighted by Gasteiger charge is -2.23. The number of carboxylic acid groups (broad SMARTS) is 1. The number of rotatable bonds is 4. The molecule has 2 aliphatic carbocycles. The smallest absolute Gasteiger partial charge is 0.315 e. The molecule has 0 spiro atoms. The first-order valence-electron chi connectivity index (χ1n) is 10.1. The van der Waals surface area contributed by atoms with Crippen molar-refractivity contribution in [2.75, 3.05) is 6.61 Å². The van der Waals surface area contributed by atoms with Crippen LogP contribution in [0.25, 0.3) is 17.7 Å². The van der Waals surface area contributed by atoms with Crippen LogP contribution in [0.5, 0.6) is 5.75 Å². The summed E-state index contributed by atoms with van der Waals surface area (Å²) in [7, 11) is 0. The van der Waals surface area contributed by atoms with Gasteiger partial charge in [0.2, 0.25) is 0 Å². The van der Waals surface area contributed by atoms with Crippen LogP contribution < -0.4 is 10.3 Å². The molecule has 0 bridgehead atoms. The van der Waals surface area contributed by atoms with Crippen molar-refractivity contribution in [2.45, 2.75) is 38.6 Å². The van der Waals surface area contributed by atoms with E-state index >= 15 is 0 Å². The van der Waals surface area contributed by atoms with E-state index in [0.29, 0.717) is 30.8 Å². The normalized spacial score (nSPS) is 25.1. The van der Waals surface area contributed by atoms with Crippen LogP contribution in [0.3, 0.4) is 0 Å². The van der Waals surface area contributed by atoms with Crippen LogP contribution in [0.1, 0.15) is 54.9 Å². The van der Waals surface area contributed by atoms with Crippen LogP contribution >= 0.6 is 0 Å². The van der Waals surface area contributed by atoms with Crippen molar-refractivity contribution in [3.8, 4) is 5.75 Å². The highest BCUT2D eigenvalue weighted by Crippen LogP contribution is 2.59. The summed E-state index contributed by atoms with van der Waals surface area (Å²) in [5.74, 6) is 0.505. The van der Waals surface area contributed by atoms with E-state index in [1.54, 1.807) is 16.7 Å². The molecule has 6 heteroatoms. The Balaban J connectivity index is 1.59. The summed E-state index contributed by atoms with van der Waals surface area (Å²) < 4.78 is 7.19. The zero-order chi connectivity index (χ0) is 20.2. The molecule has 2 atom stereocenters. The van der Waals surface area contributed by atoms with E-state index in [2.05, 4.69) is 6.08 Å². The quantitative estimate of drug-likeness (QED) is 0.863. The number of fused-ring (bicyclic) bond motifs is 4. The predicted molar refractivity (Wildman–Crippen MR) is 110 cm³/mol. The number of hydrogen-bond donors (Lipinski definition) is 1. The molecule has 5 rings (SSSR count). The van der Waals surface area contributed by atoms with Gasteiger partial charge in [0.15, 0.2) is 0 Å². The molecule has 0 amide bonds. The van der Waals surface area contributed by atoms with E-state index in [0.717, 1.165) is 35.4 Å². The Labute approximate surface area is 168 Å². The van der Waals surface area contributed by atoms with E-state index in [-0.39, 0.29) is 11.6 Å². The van der Waals surface area contributed by atoms with Crippen LogP contribution in [-0.2, 0) is 11.2 Å². The molecule has 1 aromatic carbocycles. The first kappa shape index (κ1) is 17.9. The minimum Gasteiger partial charge on any atom is -0.494 e. The van der Waals surface area contributed by atoms with Crippen molar-refractivity contribution < 1.29 is 14.6 Å². The highest BCUT2D eigenvalue weighted by atomic mass is 16.5. The molecule has 148 valence electrons. The number of carbonyl (C=O) groups is 1. The minimum absolute atomic E-state index is 0.0869. The molecular weight excluding hydrogens is 368 g/mol. The molecule has 1 saturated carbocycles. The number of ether oxygens (including phenoxy) is 1. The average Bonchev–Trinajstić information content (AvgIpc) is 3.46. The summed E-state index contributed by atoms with van der Waals surface area (Å²) in [6.07, 6.45) is 8.34. The maximum Gasteiger partial charge on any atom is 0.315 e. The Morgan fingerprint density at radius 2 is 2.28 bits per heavy atom. The monoisotopic (exact) mass is 390 g/mol. The van der Waals surface area contributed by atoms with Crippen molar-refractivity contribution in [3.05, 3.63) is 63.3 Å². The molecule has 0 radical (unpaired) electrons. The van der Waals surface area contributed by atoms with E-state index in [4.69, 9.17) is 9.72 Å². The molecule has 0 saturated heterocycles. The lowest BCUT2D eigenvalue weighted by atomic mass is 9.90. The van der Waals surface area contributed by atoms with E-state index < -0.39 is 11.4 Å². The fourth-order valence-corrected chi connectivity index (χ4v) is 4.56. The zero-order valence-electron chi connectivity index (χ0n) is 16.2. The second-order valence-corrected chi connectivity index (χ2v) is 7.90. The third kappa shape index (κ3) is 2.74. The first-order chi connectivity index (χ1) is 14.0. The molecule has 3 aliphatic rings. The van der Waals surface area contributed by atoms with Gasteiger partial charge in [-0.1, -0.05) is 18.2 Å². The van der Waals surface area contributed by atoms with Crippen molar-refractivity contribution in [3.63, 3.8) is 0 Å². The molecule has 2 unspecified atom stereocenters. The van der Waals surface area contributed by atoms with Crippen molar-refractivity contribution >= 4 is 23.7 Å². The van der Waals surface area contributed by atoms with Gasteiger partial charge in [-0.05, 0) is 68.0 Å². The molecule has 1 aromatic heterocycles. The van der Waals surface area contributed by atoms with E-state index in [1.807, 2.05) is 31.2 Å². The van der Waals surface area contributed by atoms with Crippen LogP contribution in [0.15, 0.2) is 35.1 Å².